The lowest BCUT2D eigenvalue weighted by Gasteiger charge is -2.18. The number of halogens is 1. The molecule has 0 spiro atoms. The van der Waals surface area contributed by atoms with E-state index < -0.39 is 0 Å². The van der Waals surface area contributed by atoms with Gasteiger partial charge in [0, 0.05) is 23.4 Å². The van der Waals surface area contributed by atoms with Gasteiger partial charge in [0.25, 0.3) is 5.91 Å². The number of rotatable bonds is 2. The molecule has 0 radical (unpaired) electrons. The molecule has 2 aromatic rings. The normalized spacial score (nSPS) is 13.6. The van der Waals surface area contributed by atoms with Crippen LogP contribution in [0.5, 0.6) is 0 Å². The van der Waals surface area contributed by atoms with Gasteiger partial charge in [0.05, 0.1) is 0 Å². The Balaban J connectivity index is 1.84. The Bertz CT molecular complexity index is 697. The van der Waals surface area contributed by atoms with Crippen molar-refractivity contribution in [3.05, 3.63) is 64.5 Å². The fourth-order valence-electron chi connectivity index (χ4n) is 2.56. The van der Waals surface area contributed by atoms with Crippen LogP contribution in [0.2, 0.25) is 0 Å². The summed E-state index contributed by atoms with van der Waals surface area (Å²) < 4.78 is 13.5. The van der Waals surface area contributed by atoms with E-state index in [4.69, 9.17) is 0 Å². The summed E-state index contributed by atoms with van der Waals surface area (Å²) in [4.78, 5) is 12.3. The molecule has 3 rings (SSSR count). The van der Waals surface area contributed by atoms with Crippen LogP contribution in [0, 0.1) is 12.7 Å². The summed E-state index contributed by atoms with van der Waals surface area (Å²) in [5.74, 6) is -0.528. The SMILES string of the molecule is Cc1c(F)cccc1NC(=O)c1ccc2c(c1)CNCC2. The molecule has 1 amide bonds. The third kappa shape index (κ3) is 2.81. The van der Waals surface area contributed by atoms with Crippen LogP contribution in [-0.2, 0) is 13.0 Å². The Morgan fingerprint density at radius 2 is 2.10 bits per heavy atom. The number of fused-ring (bicyclic) bond motifs is 1. The van der Waals surface area contributed by atoms with Crippen molar-refractivity contribution < 1.29 is 9.18 Å². The summed E-state index contributed by atoms with van der Waals surface area (Å²) in [5.41, 5.74) is 4.00. The first-order valence-electron chi connectivity index (χ1n) is 7.04. The molecule has 2 aromatic carbocycles. The van der Waals surface area contributed by atoms with Gasteiger partial charge in [-0.05, 0) is 55.3 Å². The number of hydrogen-bond donors (Lipinski definition) is 2. The quantitative estimate of drug-likeness (QED) is 0.890. The Labute approximate surface area is 123 Å². The summed E-state index contributed by atoms with van der Waals surface area (Å²) in [7, 11) is 0. The maximum atomic E-state index is 13.5. The molecule has 108 valence electrons. The predicted octanol–water partition coefficient (Wildman–Crippen LogP) is 3.03. The Morgan fingerprint density at radius 1 is 1.24 bits per heavy atom. The van der Waals surface area contributed by atoms with Crippen molar-refractivity contribution in [2.24, 2.45) is 0 Å². The molecule has 0 atom stereocenters. The second kappa shape index (κ2) is 5.66. The van der Waals surface area contributed by atoms with Crippen LogP contribution in [0.25, 0.3) is 0 Å². The molecule has 4 heteroatoms. The summed E-state index contributed by atoms with van der Waals surface area (Å²) in [6.45, 7) is 3.41. The van der Waals surface area contributed by atoms with Crippen LogP contribution in [0.3, 0.4) is 0 Å². The molecule has 0 aliphatic carbocycles. The maximum absolute atomic E-state index is 13.5. The molecular formula is C17H17FN2O. The molecule has 3 nitrogen and oxygen atoms in total. The van der Waals surface area contributed by atoms with Gasteiger partial charge in [0.1, 0.15) is 5.82 Å². The molecular weight excluding hydrogens is 267 g/mol. The Hall–Kier alpha value is -2.20. The highest BCUT2D eigenvalue weighted by Crippen LogP contribution is 2.20. The fraction of sp³-hybridized carbons (Fsp3) is 0.235. The van der Waals surface area contributed by atoms with Gasteiger partial charge in [0.2, 0.25) is 0 Å². The van der Waals surface area contributed by atoms with Crippen LogP contribution in [0.15, 0.2) is 36.4 Å². The van der Waals surface area contributed by atoms with Crippen LogP contribution in [0.1, 0.15) is 27.0 Å². The third-order valence-electron chi connectivity index (χ3n) is 3.87. The summed E-state index contributed by atoms with van der Waals surface area (Å²) in [6, 6.07) is 10.4. The smallest absolute Gasteiger partial charge is 0.255 e. The first-order valence-corrected chi connectivity index (χ1v) is 7.04. The number of nitrogens with one attached hydrogen (secondary N) is 2. The lowest BCUT2D eigenvalue weighted by atomic mass is 9.98. The predicted molar refractivity (Wildman–Crippen MR) is 80.9 cm³/mol. The van der Waals surface area contributed by atoms with Crippen molar-refractivity contribution in [2.45, 2.75) is 19.9 Å². The molecule has 0 saturated carbocycles. The van der Waals surface area contributed by atoms with Gasteiger partial charge in [-0.25, -0.2) is 4.39 Å². The molecule has 0 bridgehead atoms. The summed E-state index contributed by atoms with van der Waals surface area (Å²) >= 11 is 0. The zero-order valence-corrected chi connectivity index (χ0v) is 11.9. The van der Waals surface area contributed by atoms with Crippen LogP contribution in [0.4, 0.5) is 10.1 Å². The van der Waals surface area contributed by atoms with Crippen LogP contribution < -0.4 is 10.6 Å². The lowest BCUT2D eigenvalue weighted by molar-refractivity contribution is 0.102. The van der Waals surface area contributed by atoms with Crippen molar-refractivity contribution in [1.82, 2.24) is 5.32 Å². The van der Waals surface area contributed by atoms with Crippen molar-refractivity contribution >= 4 is 11.6 Å². The zero-order chi connectivity index (χ0) is 14.8. The third-order valence-corrected chi connectivity index (χ3v) is 3.87. The second-order valence-electron chi connectivity index (χ2n) is 5.28. The van der Waals surface area contributed by atoms with E-state index in [1.54, 1.807) is 19.1 Å². The minimum Gasteiger partial charge on any atom is -0.322 e. The number of anilines is 1. The zero-order valence-electron chi connectivity index (χ0n) is 11.9. The molecule has 2 N–H and O–H groups in total. The van der Waals surface area contributed by atoms with Gasteiger partial charge < -0.3 is 10.6 Å². The average Bonchev–Trinajstić information content (AvgIpc) is 2.51. The molecule has 21 heavy (non-hydrogen) atoms. The number of carbonyl (C=O) groups is 1. The topological polar surface area (TPSA) is 41.1 Å². The van der Waals surface area contributed by atoms with Crippen LogP contribution >= 0.6 is 0 Å². The summed E-state index contributed by atoms with van der Waals surface area (Å²) in [6.07, 6.45) is 0.986. The van der Waals surface area contributed by atoms with E-state index in [1.807, 2.05) is 18.2 Å². The number of benzene rings is 2. The standard InChI is InChI=1S/C17H17FN2O/c1-11-15(18)3-2-4-16(11)20-17(21)13-6-5-12-7-8-19-10-14(12)9-13/h2-6,9,19H,7-8,10H2,1H3,(H,20,21). The van der Waals surface area contributed by atoms with Gasteiger partial charge in [-0.2, -0.15) is 0 Å². The average molecular weight is 284 g/mol. The van der Waals surface area contributed by atoms with Crippen molar-refractivity contribution in [2.75, 3.05) is 11.9 Å². The maximum Gasteiger partial charge on any atom is 0.255 e. The highest BCUT2D eigenvalue weighted by molar-refractivity contribution is 6.04. The molecule has 1 aliphatic rings. The number of hydrogen-bond acceptors (Lipinski definition) is 2. The van der Waals surface area contributed by atoms with E-state index in [1.165, 1.54) is 11.6 Å². The summed E-state index contributed by atoms with van der Waals surface area (Å²) in [5, 5.41) is 6.07. The molecule has 0 unspecified atom stereocenters. The minimum atomic E-state index is -0.317. The van der Waals surface area contributed by atoms with Crippen molar-refractivity contribution in [1.29, 1.82) is 0 Å². The monoisotopic (exact) mass is 284 g/mol. The van der Waals surface area contributed by atoms with Gasteiger partial charge >= 0.3 is 0 Å². The number of amides is 1. The highest BCUT2D eigenvalue weighted by atomic mass is 19.1. The molecule has 1 heterocycles. The van der Waals surface area contributed by atoms with Crippen molar-refractivity contribution in [3.8, 4) is 0 Å². The molecule has 1 aliphatic heterocycles. The highest BCUT2D eigenvalue weighted by Gasteiger charge is 2.13. The van der Waals surface area contributed by atoms with E-state index >= 15 is 0 Å². The van der Waals surface area contributed by atoms with E-state index in [0.717, 1.165) is 25.1 Å². The molecule has 0 saturated heterocycles. The second-order valence-corrected chi connectivity index (χ2v) is 5.28. The molecule has 0 fully saturated rings. The van der Waals surface area contributed by atoms with Crippen molar-refractivity contribution in [3.63, 3.8) is 0 Å². The largest absolute Gasteiger partial charge is 0.322 e. The first-order chi connectivity index (χ1) is 10.1. The Kier molecular flexibility index (Phi) is 3.71. The van der Waals surface area contributed by atoms with Gasteiger partial charge in [-0.1, -0.05) is 12.1 Å². The van der Waals surface area contributed by atoms with Gasteiger partial charge in [-0.3, -0.25) is 4.79 Å². The van der Waals surface area contributed by atoms with E-state index in [0.29, 0.717) is 16.8 Å². The van der Waals surface area contributed by atoms with Gasteiger partial charge in [-0.15, -0.1) is 0 Å². The molecule has 0 aromatic heterocycles. The number of carbonyl (C=O) groups excluding carboxylic acids is 1. The van der Waals surface area contributed by atoms with E-state index in [-0.39, 0.29) is 11.7 Å². The lowest BCUT2D eigenvalue weighted by Crippen LogP contribution is -2.24. The van der Waals surface area contributed by atoms with E-state index in [9.17, 15) is 9.18 Å². The Morgan fingerprint density at radius 3 is 2.95 bits per heavy atom. The van der Waals surface area contributed by atoms with Crippen LogP contribution in [-0.4, -0.2) is 12.5 Å². The minimum absolute atomic E-state index is 0.211. The fourth-order valence-corrected chi connectivity index (χ4v) is 2.56. The first kappa shape index (κ1) is 13.8. The van der Waals surface area contributed by atoms with Gasteiger partial charge in [0.15, 0.2) is 0 Å². The van der Waals surface area contributed by atoms with E-state index in [2.05, 4.69) is 10.6 Å².